The van der Waals surface area contributed by atoms with Gasteiger partial charge in [0.2, 0.25) is 0 Å². The summed E-state index contributed by atoms with van der Waals surface area (Å²) in [6.07, 6.45) is 6.61. The topological polar surface area (TPSA) is 74.7 Å². The molecule has 1 atom stereocenters. The lowest BCUT2D eigenvalue weighted by atomic mass is 9.94. The molecule has 0 aliphatic heterocycles. The maximum atomic E-state index is 12.3. The molecule has 2 aromatic heterocycles. The lowest BCUT2D eigenvalue weighted by Crippen LogP contribution is -2.41. The molecule has 0 radical (unpaired) electrons. The van der Waals surface area contributed by atoms with Crippen LogP contribution in [0.25, 0.3) is 10.9 Å². The summed E-state index contributed by atoms with van der Waals surface area (Å²) < 4.78 is 2.17. The van der Waals surface area contributed by atoms with Crippen LogP contribution in [-0.4, -0.2) is 26.8 Å². The Morgan fingerprint density at radius 2 is 2.33 bits per heavy atom. The van der Waals surface area contributed by atoms with E-state index in [4.69, 9.17) is 0 Å². The van der Waals surface area contributed by atoms with Gasteiger partial charge in [0, 0.05) is 30.2 Å². The number of aromatic nitrogens is 3. The van der Waals surface area contributed by atoms with Crippen molar-refractivity contribution in [3.8, 4) is 0 Å². The van der Waals surface area contributed by atoms with Gasteiger partial charge in [0.1, 0.15) is 0 Å². The second-order valence-electron chi connectivity index (χ2n) is 6.29. The molecule has 6 heteroatoms. The number of aryl methyl sites for hydroxylation is 2. The molecule has 0 spiro atoms. The predicted molar refractivity (Wildman–Crippen MR) is 94.2 cm³/mol. The zero-order chi connectivity index (χ0) is 16.5. The highest BCUT2D eigenvalue weighted by molar-refractivity contribution is 5.93. The van der Waals surface area contributed by atoms with Gasteiger partial charge in [-0.3, -0.25) is 5.10 Å². The van der Waals surface area contributed by atoms with Gasteiger partial charge in [-0.2, -0.15) is 5.10 Å². The van der Waals surface area contributed by atoms with E-state index in [1.165, 1.54) is 16.6 Å². The largest absolute Gasteiger partial charge is 0.348 e. The fraction of sp³-hybridized carbons (Fsp3) is 0.333. The Balaban J connectivity index is 1.43. The summed E-state index contributed by atoms with van der Waals surface area (Å²) in [6.45, 7) is 3.02. The Hall–Kier alpha value is -2.76. The molecule has 2 heterocycles. The number of hydrogen-bond acceptors (Lipinski definition) is 2. The third-order valence-electron chi connectivity index (χ3n) is 4.72. The van der Waals surface area contributed by atoms with Gasteiger partial charge >= 0.3 is 6.03 Å². The molecule has 0 fully saturated rings. The number of rotatable bonds is 3. The molecule has 1 aliphatic carbocycles. The molecule has 6 nitrogen and oxygen atoms in total. The standard InChI is InChI=1S/C18H21N5O/c1-2-23-8-7-12-3-4-15(10-17(12)23)21-18(24)20-14-5-6-16-13(9-14)11-19-22-16/h3-4,7-8,10-11,14H,2,5-6,9H2,1H3,(H,19,22)(H2,20,21,24). The van der Waals surface area contributed by atoms with Gasteiger partial charge in [-0.25, -0.2) is 4.79 Å². The van der Waals surface area contributed by atoms with E-state index in [2.05, 4.69) is 44.6 Å². The van der Waals surface area contributed by atoms with Crippen LogP contribution >= 0.6 is 0 Å². The van der Waals surface area contributed by atoms with E-state index >= 15 is 0 Å². The van der Waals surface area contributed by atoms with Crippen LogP contribution in [0.3, 0.4) is 0 Å². The highest BCUT2D eigenvalue weighted by Gasteiger charge is 2.21. The van der Waals surface area contributed by atoms with E-state index in [-0.39, 0.29) is 12.1 Å². The first-order valence-electron chi connectivity index (χ1n) is 8.40. The lowest BCUT2D eigenvalue weighted by Gasteiger charge is -2.23. The second kappa shape index (κ2) is 6.03. The predicted octanol–water partition coefficient (Wildman–Crippen LogP) is 3.06. The molecule has 24 heavy (non-hydrogen) atoms. The van der Waals surface area contributed by atoms with Gasteiger partial charge in [-0.05, 0) is 55.3 Å². The fourth-order valence-corrected chi connectivity index (χ4v) is 3.43. The van der Waals surface area contributed by atoms with Gasteiger partial charge in [0.05, 0.1) is 11.7 Å². The summed E-state index contributed by atoms with van der Waals surface area (Å²) in [6, 6.07) is 8.09. The third-order valence-corrected chi connectivity index (χ3v) is 4.72. The number of amides is 2. The van der Waals surface area contributed by atoms with Crippen LogP contribution in [-0.2, 0) is 19.4 Å². The van der Waals surface area contributed by atoms with Gasteiger partial charge in [-0.1, -0.05) is 6.07 Å². The SMILES string of the molecule is CCn1ccc2ccc(NC(=O)NC3CCc4[nH]ncc4C3)cc21. The Kier molecular flexibility index (Phi) is 3.72. The van der Waals surface area contributed by atoms with Gasteiger partial charge in [0.25, 0.3) is 0 Å². The quantitative estimate of drug-likeness (QED) is 0.693. The van der Waals surface area contributed by atoms with Crippen LogP contribution < -0.4 is 10.6 Å². The molecule has 2 amide bonds. The van der Waals surface area contributed by atoms with Crippen molar-refractivity contribution >= 4 is 22.6 Å². The number of carbonyl (C=O) groups is 1. The number of carbonyl (C=O) groups excluding carboxylic acids is 1. The van der Waals surface area contributed by atoms with E-state index in [0.29, 0.717) is 0 Å². The van der Waals surface area contributed by atoms with Crippen LogP contribution in [0, 0.1) is 0 Å². The number of hydrogen-bond donors (Lipinski definition) is 3. The van der Waals surface area contributed by atoms with E-state index in [1.807, 2.05) is 24.4 Å². The molecular weight excluding hydrogens is 302 g/mol. The zero-order valence-electron chi connectivity index (χ0n) is 13.7. The summed E-state index contributed by atoms with van der Waals surface area (Å²) in [7, 11) is 0. The average molecular weight is 323 g/mol. The molecule has 124 valence electrons. The number of urea groups is 1. The molecule has 1 unspecified atom stereocenters. The van der Waals surface area contributed by atoms with E-state index in [1.54, 1.807) is 0 Å². The summed E-state index contributed by atoms with van der Waals surface area (Å²) in [5.74, 6) is 0. The molecule has 0 saturated heterocycles. The van der Waals surface area contributed by atoms with Crippen molar-refractivity contribution in [1.82, 2.24) is 20.1 Å². The Bertz CT molecular complexity index is 879. The van der Waals surface area contributed by atoms with E-state index in [0.717, 1.165) is 37.0 Å². The van der Waals surface area contributed by atoms with Crippen LogP contribution in [0.2, 0.25) is 0 Å². The van der Waals surface area contributed by atoms with Gasteiger partial charge in [0.15, 0.2) is 0 Å². The zero-order valence-corrected chi connectivity index (χ0v) is 13.7. The third kappa shape index (κ3) is 2.75. The summed E-state index contributed by atoms with van der Waals surface area (Å²) >= 11 is 0. The number of anilines is 1. The first-order valence-corrected chi connectivity index (χ1v) is 8.40. The van der Waals surface area contributed by atoms with E-state index < -0.39 is 0 Å². The molecular formula is C18H21N5O. The van der Waals surface area contributed by atoms with Crippen molar-refractivity contribution in [3.05, 3.63) is 47.9 Å². The van der Waals surface area contributed by atoms with Crippen molar-refractivity contribution in [3.63, 3.8) is 0 Å². The summed E-state index contributed by atoms with van der Waals surface area (Å²) in [5, 5.41) is 14.3. The summed E-state index contributed by atoms with van der Waals surface area (Å²) in [5.41, 5.74) is 4.34. The van der Waals surface area contributed by atoms with Crippen molar-refractivity contribution < 1.29 is 4.79 Å². The Morgan fingerprint density at radius 1 is 1.42 bits per heavy atom. The molecule has 0 saturated carbocycles. The molecule has 1 aromatic carbocycles. The minimum absolute atomic E-state index is 0.151. The smallest absolute Gasteiger partial charge is 0.319 e. The summed E-state index contributed by atoms with van der Waals surface area (Å²) in [4.78, 5) is 12.3. The van der Waals surface area contributed by atoms with Crippen LogP contribution in [0.5, 0.6) is 0 Å². The van der Waals surface area contributed by atoms with Crippen molar-refractivity contribution in [2.45, 2.75) is 38.8 Å². The van der Waals surface area contributed by atoms with Gasteiger partial charge < -0.3 is 15.2 Å². The van der Waals surface area contributed by atoms with Gasteiger partial charge in [-0.15, -0.1) is 0 Å². The Morgan fingerprint density at radius 3 is 3.21 bits per heavy atom. The molecule has 1 aliphatic rings. The molecule has 4 rings (SSSR count). The monoisotopic (exact) mass is 323 g/mol. The number of fused-ring (bicyclic) bond motifs is 2. The minimum Gasteiger partial charge on any atom is -0.348 e. The number of aromatic amines is 1. The highest BCUT2D eigenvalue weighted by Crippen LogP contribution is 2.21. The fourth-order valence-electron chi connectivity index (χ4n) is 3.43. The maximum Gasteiger partial charge on any atom is 0.319 e. The molecule has 3 aromatic rings. The number of nitrogens with zero attached hydrogens (tertiary/aromatic N) is 2. The average Bonchev–Trinajstić information content (AvgIpc) is 3.20. The lowest BCUT2D eigenvalue weighted by molar-refractivity contribution is 0.247. The van der Waals surface area contributed by atoms with Crippen LogP contribution in [0.4, 0.5) is 10.5 Å². The molecule has 3 N–H and O–H groups in total. The first kappa shape index (κ1) is 14.8. The van der Waals surface area contributed by atoms with Crippen molar-refractivity contribution in [2.24, 2.45) is 0 Å². The first-order chi connectivity index (χ1) is 11.7. The van der Waals surface area contributed by atoms with Crippen LogP contribution in [0.1, 0.15) is 24.6 Å². The van der Waals surface area contributed by atoms with Crippen molar-refractivity contribution in [1.29, 1.82) is 0 Å². The maximum absolute atomic E-state index is 12.3. The van der Waals surface area contributed by atoms with E-state index in [9.17, 15) is 4.79 Å². The van der Waals surface area contributed by atoms with Crippen LogP contribution in [0.15, 0.2) is 36.7 Å². The second-order valence-corrected chi connectivity index (χ2v) is 6.29. The van der Waals surface area contributed by atoms with Crippen molar-refractivity contribution in [2.75, 3.05) is 5.32 Å². The Labute approximate surface area is 140 Å². The molecule has 0 bridgehead atoms. The number of benzene rings is 1. The minimum atomic E-state index is -0.152. The number of H-pyrrole nitrogens is 1. The number of nitrogens with one attached hydrogen (secondary N) is 3. The highest BCUT2D eigenvalue weighted by atomic mass is 16.2. The normalized spacial score (nSPS) is 16.8.